The number of thiocarbonyl (C=S) groups is 1. The van der Waals surface area contributed by atoms with E-state index in [1.54, 1.807) is 4.68 Å². The van der Waals surface area contributed by atoms with Gasteiger partial charge in [-0.15, -0.1) is 0 Å². The van der Waals surface area contributed by atoms with Gasteiger partial charge < -0.3 is 10.6 Å². The molecular formula is C16H22N4OS. The predicted molar refractivity (Wildman–Crippen MR) is 94.9 cm³/mol. The Kier molecular flexibility index (Phi) is 5.03. The molecule has 1 aromatic heterocycles. The van der Waals surface area contributed by atoms with E-state index < -0.39 is 0 Å². The van der Waals surface area contributed by atoms with Crippen LogP contribution in [0.3, 0.4) is 0 Å². The molecule has 0 aliphatic rings. The number of nitrogens with one attached hydrogen (secondary N) is 2. The van der Waals surface area contributed by atoms with Crippen LogP contribution in [-0.2, 0) is 7.05 Å². The quantitative estimate of drug-likeness (QED) is 0.851. The van der Waals surface area contributed by atoms with E-state index >= 15 is 0 Å². The average Bonchev–Trinajstić information content (AvgIpc) is 2.72. The standard InChI is InChI=1S/C16H22N4OS/c1-5-11(2)17-16(22)18-14-12(3)19(4)20(15(14)21)13-9-7-6-8-10-13/h6-11H,5H2,1-4H3,(H2,17,18,22). The summed E-state index contributed by atoms with van der Waals surface area (Å²) in [6, 6.07) is 9.81. The molecule has 2 aromatic rings. The number of hydrogen-bond acceptors (Lipinski definition) is 2. The minimum atomic E-state index is -0.112. The summed E-state index contributed by atoms with van der Waals surface area (Å²) in [6.45, 7) is 6.03. The zero-order valence-electron chi connectivity index (χ0n) is 13.4. The van der Waals surface area contributed by atoms with Crippen molar-refractivity contribution in [3.8, 4) is 5.69 Å². The van der Waals surface area contributed by atoms with Crippen LogP contribution in [0.5, 0.6) is 0 Å². The minimum absolute atomic E-state index is 0.112. The molecule has 0 aliphatic carbocycles. The van der Waals surface area contributed by atoms with Gasteiger partial charge in [-0.25, -0.2) is 4.68 Å². The van der Waals surface area contributed by atoms with Crippen molar-refractivity contribution in [1.82, 2.24) is 14.7 Å². The number of para-hydroxylation sites is 1. The molecule has 0 bridgehead atoms. The average molecular weight is 318 g/mol. The molecule has 0 saturated heterocycles. The van der Waals surface area contributed by atoms with Gasteiger partial charge in [-0.2, -0.15) is 0 Å². The lowest BCUT2D eigenvalue weighted by Gasteiger charge is -2.14. The van der Waals surface area contributed by atoms with Crippen LogP contribution in [0.4, 0.5) is 5.69 Å². The third kappa shape index (κ3) is 3.22. The summed E-state index contributed by atoms with van der Waals surface area (Å²) >= 11 is 5.29. The first kappa shape index (κ1) is 16.3. The van der Waals surface area contributed by atoms with E-state index in [0.29, 0.717) is 10.8 Å². The fraction of sp³-hybridized carbons (Fsp3) is 0.375. The van der Waals surface area contributed by atoms with Gasteiger partial charge in [0.1, 0.15) is 5.69 Å². The summed E-state index contributed by atoms with van der Waals surface area (Å²) in [6.07, 6.45) is 0.962. The second kappa shape index (κ2) is 6.79. The molecule has 0 spiro atoms. The molecule has 1 heterocycles. The normalized spacial score (nSPS) is 12.0. The van der Waals surface area contributed by atoms with Gasteiger partial charge in [-0.05, 0) is 44.6 Å². The second-order valence-electron chi connectivity index (χ2n) is 5.34. The van der Waals surface area contributed by atoms with Crippen LogP contribution in [0.2, 0.25) is 0 Å². The van der Waals surface area contributed by atoms with Crippen LogP contribution in [-0.4, -0.2) is 20.5 Å². The van der Waals surface area contributed by atoms with Gasteiger partial charge >= 0.3 is 0 Å². The zero-order valence-corrected chi connectivity index (χ0v) is 14.2. The Bertz CT molecular complexity index is 718. The summed E-state index contributed by atoms with van der Waals surface area (Å²) in [5.41, 5.74) is 2.06. The van der Waals surface area contributed by atoms with Crippen LogP contribution in [0.25, 0.3) is 5.69 Å². The Labute approximate surface area is 135 Å². The van der Waals surface area contributed by atoms with Crippen LogP contribution < -0.4 is 16.2 Å². The third-order valence-electron chi connectivity index (χ3n) is 3.78. The van der Waals surface area contributed by atoms with Crippen molar-refractivity contribution in [3.05, 3.63) is 46.4 Å². The van der Waals surface area contributed by atoms with Gasteiger partial charge in [0.15, 0.2) is 5.11 Å². The van der Waals surface area contributed by atoms with Crippen molar-refractivity contribution in [2.24, 2.45) is 7.05 Å². The number of rotatable bonds is 4. The molecule has 0 radical (unpaired) electrons. The molecule has 6 heteroatoms. The highest BCUT2D eigenvalue weighted by atomic mass is 32.1. The highest BCUT2D eigenvalue weighted by Gasteiger charge is 2.17. The van der Waals surface area contributed by atoms with E-state index in [1.807, 2.05) is 55.9 Å². The molecule has 22 heavy (non-hydrogen) atoms. The Morgan fingerprint density at radius 2 is 1.95 bits per heavy atom. The van der Waals surface area contributed by atoms with Gasteiger partial charge in [0.2, 0.25) is 0 Å². The lowest BCUT2D eigenvalue weighted by atomic mass is 10.3. The van der Waals surface area contributed by atoms with E-state index in [9.17, 15) is 4.79 Å². The number of anilines is 1. The molecule has 2 N–H and O–H groups in total. The summed E-state index contributed by atoms with van der Waals surface area (Å²) in [5, 5.41) is 6.68. The monoisotopic (exact) mass is 318 g/mol. The first-order valence-electron chi connectivity index (χ1n) is 7.37. The third-order valence-corrected chi connectivity index (χ3v) is 4.00. The SMILES string of the molecule is CCC(C)NC(=S)Nc1c(C)n(C)n(-c2ccccc2)c1=O. The van der Waals surface area contributed by atoms with E-state index in [0.717, 1.165) is 17.8 Å². The Morgan fingerprint density at radius 3 is 2.55 bits per heavy atom. The molecule has 0 amide bonds. The fourth-order valence-corrected chi connectivity index (χ4v) is 2.49. The number of benzene rings is 1. The van der Waals surface area contributed by atoms with Crippen LogP contribution in [0, 0.1) is 6.92 Å². The zero-order chi connectivity index (χ0) is 16.3. The molecule has 0 fully saturated rings. The summed E-state index contributed by atoms with van der Waals surface area (Å²) in [5.74, 6) is 0. The number of hydrogen-bond donors (Lipinski definition) is 2. The highest BCUT2D eigenvalue weighted by molar-refractivity contribution is 7.80. The number of aromatic nitrogens is 2. The van der Waals surface area contributed by atoms with Crippen molar-refractivity contribution in [3.63, 3.8) is 0 Å². The number of nitrogens with zero attached hydrogens (tertiary/aromatic N) is 2. The van der Waals surface area contributed by atoms with Gasteiger partial charge in [0, 0.05) is 13.1 Å². The predicted octanol–water partition coefficient (Wildman–Crippen LogP) is 2.57. The van der Waals surface area contributed by atoms with Gasteiger partial charge in [0.05, 0.1) is 11.4 Å². The fourth-order valence-electron chi connectivity index (χ4n) is 2.19. The summed E-state index contributed by atoms with van der Waals surface area (Å²) < 4.78 is 3.45. The van der Waals surface area contributed by atoms with Gasteiger partial charge in [0.25, 0.3) is 5.56 Å². The molecule has 0 saturated carbocycles. The molecule has 2 rings (SSSR count). The van der Waals surface area contributed by atoms with Gasteiger partial charge in [-0.3, -0.25) is 9.48 Å². The van der Waals surface area contributed by atoms with Crippen molar-refractivity contribution >= 4 is 23.0 Å². The molecular weight excluding hydrogens is 296 g/mol. The lowest BCUT2D eigenvalue weighted by Crippen LogP contribution is -2.36. The molecule has 118 valence electrons. The summed E-state index contributed by atoms with van der Waals surface area (Å²) in [7, 11) is 1.86. The van der Waals surface area contributed by atoms with Gasteiger partial charge in [-0.1, -0.05) is 25.1 Å². The first-order valence-corrected chi connectivity index (χ1v) is 7.78. The van der Waals surface area contributed by atoms with E-state index in [2.05, 4.69) is 17.6 Å². The maximum atomic E-state index is 12.7. The van der Waals surface area contributed by atoms with Crippen LogP contribution >= 0.6 is 12.2 Å². The van der Waals surface area contributed by atoms with E-state index in [4.69, 9.17) is 12.2 Å². The molecule has 1 unspecified atom stereocenters. The van der Waals surface area contributed by atoms with Crippen LogP contribution in [0.1, 0.15) is 26.0 Å². The second-order valence-corrected chi connectivity index (χ2v) is 5.75. The maximum absolute atomic E-state index is 12.7. The molecule has 0 aliphatic heterocycles. The Hall–Kier alpha value is -2.08. The van der Waals surface area contributed by atoms with Crippen LogP contribution in [0.15, 0.2) is 35.1 Å². The molecule has 1 atom stereocenters. The lowest BCUT2D eigenvalue weighted by molar-refractivity contribution is 0.630. The van der Waals surface area contributed by atoms with Crippen molar-refractivity contribution in [1.29, 1.82) is 0 Å². The first-order chi connectivity index (χ1) is 10.5. The van der Waals surface area contributed by atoms with Crippen molar-refractivity contribution in [2.75, 3.05) is 5.32 Å². The smallest absolute Gasteiger partial charge is 0.295 e. The van der Waals surface area contributed by atoms with Crippen molar-refractivity contribution < 1.29 is 0 Å². The molecule has 1 aromatic carbocycles. The molecule has 5 nitrogen and oxygen atoms in total. The maximum Gasteiger partial charge on any atom is 0.295 e. The van der Waals surface area contributed by atoms with E-state index in [1.165, 1.54) is 0 Å². The Morgan fingerprint density at radius 1 is 1.32 bits per heavy atom. The largest absolute Gasteiger partial charge is 0.360 e. The topological polar surface area (TPSA) is 51.0 Å². The van der Waals surface area contributed by atoms with E-state index in [-0.39, 0.29) is 11.6 Å². The highest BCUT2D eigenvalue weighted by Crippen LogP contribution is 2.13. The Balaban J connectivity index is 2.35. The minimum Gasteiger partial charge on any atom is -0.360 e. The summed E-state index contributed by atoms with van der Waals surface area (Å²) in [4.78, 5) is 12.7. The van der Waals surface area contributed by atoms with Crippen molar-refractivity contribution in [2.45, 2.75) is 33.2 Å².